The fraction of sp³-hybridized carbons (Fsp3) is 0.667. The molecule has 4 aliphatic heterocycles. The molecule has 0 spiro atoms. The van der Waals surface area contributed by atoms with E-state index in [4.69, 9.17) is 14.9 Å². The highest BCUT2D eigenvalue weighted by atomic mass is 79.9. The van der Waals surface area contributed by atoms with E-state index in [-0.39, 0.29) is 21.4 Å². The van der Waals surface area contributed by atoms with Gasteiger partial charge in [-0.25, -0.2) is 19.1 Å². The second kappa shape index (κ2) is 9.25. The Morgan fingerprint density at radius 2 is 1.47 bits per heavy atom. The van der Waals surface area contributed by atoms with Crippen molar-refractivity contribution in [1.29, 1.82) is 5.41 Å². The zero-order valence-corrected chi connectivity index (χ0v) is 21.1. The number of aromatic nitrogens is 4. The number of fused-ring (bicyclic) bond motifs is 7. The van der Waals surface area contributed by atoms with Crippen LogP contribution in [0.2, 0.25) is 0 Å². The minimum atomic E-state index is -5.27. The largest absolute Gasteiger partial charge is 0.481 e. The summed E-state index contributed by atoms with van der Waals surface area (Å²) in [5.74, 6) is 0. The van der Waals surface area contributed by atoms with E-state index in [1.54, 1.807) is 0 Å². The molecule has 18 nitrogen and oxygen atoms in total. The van der Waals surface area contributed by atoms with Crippen molar-refractivity contribution >= 4 is 42.7 Å². The molecule has 6 heterocycles. The summed E-state index contributed by atoms with van der Waals surface area (Å²) in [6.07, 6.45) is -11.1. The number of imidazole rings is 1. The molecule has 8 bridgehead atoms. The second-order valence-corrected chi connectivity index (χ2v) is 11.9. The Morgan fingerprint density at radius 3 is 2.06 bits per heavy atom. The summed E-state index contributed by atoms with van der Waals surface area (Å²) >= 11 is 3.19. The Bertz CT molecular complexity index is 1340. The summed E-state index contributed by atoms with van der Waals surface area (Å²) < 4.78 is 51.3. The van der Waals surface area contributed by atoms with Crippen molar-refractivity contribution in [3.05, 3.63) is 16.5 Å². The third kappa shape index (κ3) is 4.52. The smallest absolute Gasteiger partial charge is 0.387 e. The lowest BCUT2D eigenvalue weighted by molar-refractivity contribution is -0.0567. The van der Waals surface area contributed by atoms with Crippen LogP contribution in [0.5, 0.6) is 0 Å². The number of nitrogens with one attached hydrogen (secondary N) is 1. The van der Waals surface area contributed by atoms with Crippen molar-refractivity contribution in [1.82, 2.24) is 19.1 Å². The third-order valence-corrected chi connectivity index (χ3v) is 9.00. The topological polar surface area (TPSA) is 261 Å². The van der Waals surface area contributed by atoms with Gasteiger partial charge in [0.05, 0.1) is 13.2 Å². The Balaban J connectivity index is 1.61. The van der Waals surface area contributed by atoms with Crippen molar-refractivity contribution in [2.75, 3.05) is 13.2 Å². The van der Waals surface area contributed by atoms with Gasteiger partial charge in [-0.1, -0.05) is 0 Å². The summed E-state index contributed by atoms with van der Waals surface area (Å²) in [7, 11) is -10.5. The van der Waals surface area contributed by atoms with E-state index in [0.29, 0.717) is 0 Å². The first-order valence-electron chi connectivity index (χ1n) is 10.2. The van der Waals surface area contributed by atoms with Crippen LogP contribution in [0.15, 0.2) is 11.1 Å². The molecule has 2 aromatic rings. The summed E-state index contributed by atoms with van der Waals surface area (Å²) in [6, 6.07) is 0. The number of halogens is 1. The number of aliphatic hydroxyl groups is 4. The van der Waals surface area contributed by atoms with Gasteiger partial charge in [0.2, 0.25) is 0 Å². The van der Waals surface area contributed by atoms with Gasteiger partial charge in [0.25, 0.3) is 0 Å². The van der Waals surface area contributed by atoms with Crippen molar-refractivity contribution in [3.63, 3.8) is 0 Å². The van der Waals surface area contributed by atoms with Gasteiger partial charge in [-0.15, -0.1) is 0 Å². The average molecular weight is 620 g/mol. The fourth-order valence-corrected chi connectivity index (χ4v) is 6.72. The van der Waals surface area contributed by atoms with Crippen molar-refractivity contribution in [2.24, 2.45) is 0 Å². The van der Waals surface area contributed by atoms with Crippen LogP contribution in [0.1, 0.15) is 12.5 Å². The highest BCUT2D eigenvalue weighted by molar-refractivity contribution is 9.10. The molecule has 7 N–H and O–H groups in total. The molecule has 10 unspecified atom stereocenters. The van der Waals surface area contributed by atoms with Crippen LogP contribution in [-0.2, 0) is 32.0 Å². The van der Waals surface area contributed by atoms with Gasteiger partial charge in [0.15, 0.2) is 33.8 Å². The lowest BCUT2D eigenvalue weighted by Crippen LogP contribution is -2.36. The number of phosphoric acid groups is 2. The van der Waals surface area contributed by atoms with Gasteiger partial charge in [-0.2, -0.15) is 4.31 Å². The molecule has 2 saturated heterocycles. The van der Waals surface area contributed by atoms with Gasteiger partial charge in [-0.3, -0.25) is 23.6 Å². The van der Waals surface area contributed by atoms with E-state index >= 15 is 0 Å². The van der Waals surface area contributed by atoms with Crippen LogP contribution < -0.4 is 5.49 Å². The predicted molar refractivity (Wildman–Crippen MR) is 114 cm³/mol. The van der Waals surface area contributed by atoms with Crippen LogP contribution >= 0.6 is 31.6 Å². The van der Waals surface area contributed by atoms with Gasteiger partial charge in [0.1, 0.15) is 43.0 Å². The molecular weight excluding hydrogens is 600 g/mol. The normalized spacial score (nSPS) is 43.8. The first kappa shape index (κ1) is 26.5. The van der Waals surface area contributed by atoms with Crippen LogP contribution in [-0.4, -0.2) is 99.2 Å². The summed E-state index contributed by atoms with van der Waals surface area (Å²) in [5, 5.41) is 50.3. The lowest BCUT2D eigenvalue weighted by Gasteiger charge is -2.21. The Morgan fingerprint density at radius 1 is 0.944 bits per heavy atom. The average Bonchev–Trinajstić information content (AvgIpc) is 3.37. The maximum atomic E-state index is 12.2. The van der Waals surface area contributed by atoms with Crippen molar-refractivity contribution in [3.8, 4) is 0 Å². The van der Waals surface area contributed by atoms with Gasteiger partial charge in [-0.05, 0) is 15.9 Å². The molecule has 0 aliphatic carbocycles. The highest BCUT2D eigenvalue weighted by Gasteiger charge is 2.49. The number of aliphatic hydroxyl groups excluding tert-OH is 4. The number of rotatable bonds is 0. The molecule has 0 amide bonds. The number of hydrogen-bond donors (Lipinski definition) is 7. The van der Waals surface area contributed by atoms with Crippen LogP contribution in [0, 0.1) is 5.41 Å². The second-order valence-electron chi connectivity index (χ2n) is 8.13. The van der Waals surface area contributed by atoms with E-state index < -0.39 is 77.9 Å². The maximum Gasteiger partial charge on any atom is 0.481 e. The Hall–Kier alpha value is -1.15. The Labute approximate surface area is 208 Å². The Kier molecular flexibility index (Phi) is 6.80. The fourth-order valence-electron chi connectivity index (χ4n) is 4.08. The van der Waals surface area contributed by atoms with Crippen molar-refractivity contribution < 1.29 is 62.2 Å². The van der Waals surface area contributed by atoms with Crippen molar-refractivity contribution in [2.45, 2.75) is 49.1 Å². The zero-order chi connectivity index (χ0) is 26.2. The summed E-state index contributed by atoms with van der Waals surface area (Å²) in [5.41, 5.74) is -0.357. The third-order valence-electron chi connectivity index (χ3n) is 5.84. The van der Waals surface area contributed by atoms with Gasteiger partial charge in [0, 0.05) is 0 Å². The molecule has 0 radical (unpaired) electrons. The lowest BCUT2D eigenvalue weighted by atomic mass is 10.1. The van der Waals surface area contributed by atoms with E-state index in [2.05, 4.69) is 39.3 Å². The SMILES string of the molecule is N=c1c2nc(Br)n3c2ncn1C1OC(COP(=O)(O)OP(=O)(O)OCC2OC3C(O)C2O)C(O)C1O. The minimum Gasteiger partial charge on any atom is -0.387 e. The van der Waals surface area contributed by atoms with E-state index in [1.807, 2.05) is 0 Å². The summed E-state index contributed by atoms with van der Waals surface area (Å²) in [4.78, 5) is 28.1. The summed E-state index contributed by atoms with van der Waals surface area (Å²) in [6.45, 7) is -1.73. The molecule has 2 fully saturated rings. The minimum absolute atomic E-state index is 0.0207. The van der Waals surface area contributed by atoms with E-state index in [9.17, 15) is 39.3 Å². The predicted octanol–water partition coefficient (Wildman–Crippen LogP) is -2.02. The number of ether oxygens (including phenoxy) is 2. The molecule has 0 saturated carbocycles. The number of hydrogen-bond acceptors (Lipinski definition) is 14. The zero-order valence-electron chi connectivity index (χ0n) is 17.7. The molecule has 0 aromatic carbocycles. The van der Waals surface area contributed by atoms with Crippen LogP contribution in [0.25, 0.3) is 11.2 Å². The molecule has 21 heteroatoms. The molecular formula is C15H20BrN5O13P2. The quantitative estimate of drug-likeness (QED) is 0.124. The first-order valence-corrected chi connectivity index (χ1v) is 14.0. The van der Waals surface area contributed by atoms with Gasteiger partial charge < -0.3 is 39.7 Å². The molecule has 4 aliphatic rings. The molecule has 36 heavy (non-hydrogen) atoms. The monoisotopic (exact) mass is 619 g/mol. The van der Waals surface area contributed by atoms with E-state index in [1.165, 1.54) is 4.57 Å². The number of phosphoric ester groups is 2. The first-order chi connectivity index (χ1) is 16.8. The van der Waals surface area contributed by atoms with Crippen LogP contribution in [0.4, 0.5) is 0 Å². The standard InChI is InChI=1S/C15H20BrN5O13P2/c16-15-19-6-11(17)20-3-18-12(6)21(15)14-10(25)8(23)5(33-14)2-31-36(28,29)34-35(26,27)30-1-4-7(22)9(24)13(20)32-4/h3-5,7-10,13-14,17,22-25H,1-2H2,(H,26,27)(H,28,29). The highest BCUT2D eigenvalue weighted by Crippen LogP contribution is 2.60. The van der Waals surface area contributed by atoms with E-state index in [0.717, 1.165) is 10.9 Å². The van der Waals surface area contributed by atoms with Crippen LogP contribution in [0.3, 0.4) is 0 Å². The molecule has 200 valence electrons. The number of nitrogens with zero attached hydrogens (tertiary/aromatic N) is 4. The molecule has 10 atom stereocenters. The van der Waals surface area contributed by atoms with Gasteiger partial charge >= 0.3 is 15.6 Å². The molecule has 2 aromatic heterocycles. The molecule has 6 rings (SSSR count). The maximum absolute atomic E-state index is 12.2.